The van der Waals surface area contributed by atoms with E-state index >= 15 is 0 Å². The molecule has 0 radical (unpaired) electrons. The Morgan fingerprint density at radius 2 is 1.95 bits per heavy atom. The maximum Gasteiger partial charge on any atom is 0.236 e. The molecule has 0 bridgehead atoms. The Morgan fingerprint density at radius 3 is 2.60 bits per heavy atom. The highest BCUT2D eigenvalue weighted by atomic mass is 79.9. The van der Waals surface area contributed by atoms with Crippen LogP contribution in [0, 0.1) is 0 Å². The molecule has 0 amide bonds. The summed E-state index contributed by atoms with van der Waals surface area (Å²) in [5.74, 6) is -0.146. The SMILES string of the molecule is Nc1cccc(CS(=O)(=O)Nc2ccc(Cl)cc2Br)c1. The second-order valence-electron chi connectivity index (χ2n) is 4.23. The molecular weight excluding hydrogens is 364 g/mol. The van der Waals surface area contributed by atoms with Crippen LogP contribution in [0.5, 0.6) is 0 Å². The second kappa shape index (κ2) is 6.03. The number of anilines is 2. The van der Waals surface area contributed by atoms with Gasteiger partial charge in [-0.05, 0) is 51.8 Å². The maximum absolute atomic E-state index is 12.1. The van der Waals surface area contributed by atoms with E-state index in [4.69, 9.17) is 17.3 Å². The predicted octanol–water partition coefficient (Wildman–Crippen LogP) is 3.63. The first kappa shape index (κ1) is 15.2. The summed E-state index contributed by atoms with van der Waals surface area (Å²) in [6.45, 7) is 0. The Hall–Kier alpha value is -1.24. The van der Waals surface area contributed by atoms with Gasteiger partial charge in [-0.2, -0.15) is 0 Å². The van der Waals surface area contributed by atoms with Crippen LogP contribution < -0.4 is 10.5 Å². The summed E-state index contributed by atoms with van der Waals surface area (Å²) in [6.07, 6.45) is 0. The Bertz CT molecular complexity index is 735. The Kier molecular flexibility index (Phi) is 4.57. The molecule has 2 rings (SSSR count). The van der Waals surface area contributed by atoms with Crippen molar-refractivity contribution in [2.45, 2.75) is 5.75 Å². The highest BCUT2D eigenvalue weighted by Crippen LogP contribution is 2.27. The fourth-order valence-electron chi connectivity index (χ4n) is 1.68. The smallest absolute Gasteiger partial charge is 0.236 e. The van der Waals surface area contributed by atoms with Gasteiger partial charge in [-0.1, -0.05) is 23.7 Å². The van der Waals surface area contributed by atoms with Crippen molar-refractivity contribution in [1.82, 2.24) is 0 Å². The second-order valence-corrected chi connectivity index (χ2v) is 7.24. The molecule has 106 valence electrons. The standard InChI is InChI=1S/C13H12BrClN2O2S/c14-12-7-10(15)4-5-13(12)17-20(18,19)8-9-2-1-3-11(16)6-9/h1-7,17H,8,16H2. The van der Waals surface area contributed by atoms with Gasteiger partial charge < -0.3 is 5.73 Å². The maximum atomic E-state index is 12.1. The summed E-state index contributed by atoms with van der Waals surface area (Å²) in [7, 11) is -3.52. The van der Waals surface area contributed by atoms with Crippen molar-refractivity contribution < 1.29 is 8.42 Å². The summed E-state index contributed by atoms with van der Waals surface area (Å²) in [5, 5.41) is 0.524. The van der Waals surface area contributed by atoms with Crippen LogP contribution in [-0.2, 0) is 15.8 Å². The van der Waals surface area contributed by atoms with Crippen molar-refractivity contribution in [1.29, 1.82) is 0 Å². The lowest BCUT2D eigenvalue weighted by molar-refractivity contribution is 0.600. The highest BCUT2D eigenvalue weighted by Gasteiger charge is 2.13. The Balaban J connectivity index is 2.19. The van der Waals surface area contributed by atoms with Crippen molar-refractivity contribution in [3.63, 3.8) is 0 Å². The van der Waals surface area contributed by atoms with Gasteiger partial charge in [0.25, 0.3) is 0 Å². The lowest BCUT2D eigenvalue weighted by atomic mass is 10.2. The van der Waals surface area contributed by atoms with E-state index in [9.17, 15) is 8.42 Å². The summed E-state index contributed by atoms with van der Waals surface area (Å²) in [5.41, 5.74) is 7.24. The summed E-state index contributed by atoms with van der Waals surface area (Å²) in [4.78, 5) is 0. The number of halogens is 2. The molecule has 7 heteroatoms. The molecule has 0 fully saturated rings. The molecule has 0 aliphatic carbocycles. The number of nitrogens with one attached hydrogen (secondary N) is 1. The van der Waals surface area contributed by atoms with E-state index in [1.165, 1.54) is 0 Å². The minimum absolute atomic E-state index is 0.146. The predicted molar refractivity (Wildman–Crippen MR) is 86.3 cm³/mol. The summed E-state index contributed by atoms with van der Waals surface area (Å²) >= 11 is 9.08. The van der Waals surface area contributed by atoms with E-state index in [0.717, 1.165) is 0 Å². The van der Waals surface area contributed by atoms with Crippen molar-refractivity contribution in [3.8, 4) is 0 Å². The fourth-order valence-corrected chi connectivity index (χ4v) is 3.79. The van der Waals surface area contributed by atoms with Crippen LogP contribution in [0.15, 0.2) is 46.9 Å². The van der Waals surface area contributed by atoms with Gasteiger partial charge in [0.05, 0.1) is 11.4 Å². The third-order valence-corrected chi connectivity index (χ3v) is 4.64. The van der Waals surface area contributed by atoms with Gasteiger partial charge in [0.2, 0.25) is 10.0 Å². The number of sulfonamides is 1. The summed E-state index contributed by atoms with van der Waals surface area (Å²) < 4.78 is 27.3. The van der Waals surface area contributed by atoms with E-state index in [0.29, 0.717) is 26.4 Å². The van der Waals surface area contributed by atoms with E-state index in [1.54, 1.807) is 42.5 Å². The van der Waals surface area contributed by atoms with Gasteiger partial charge >= 0.3 is 0 Å². The normalized spacial score (nSPS) is 11.3. The molecule has 0 aliphatic heterocycles. The first-order valence-electron chi connectivity index (χ1n) is 5.66. The largest absolute Gasteiger partial charge is 0.399 e. The van der Waals surface area contributed by atoms with Gasteiger partial charge in [-0.3, -0.25) is 4.72 Å². The molecule has 0 unspecified atom stereocenters. The molecule has 0 atom stereocenters. The highest BCUT2D eigenvalue weighted by molar-refractivity contribution is 9.10. The first-order valence-corrected chi connectivity index (χ1v) is 8.48. The molecular formula is C13H12BrClN2O2S. The Labute approximate surface area is 131 Å². The quantitative estimate of drug-likeness (QED) is 0.802. The molecule has 3 N–H and O–H groups in total. The van der Waals surface area contributed by atoms with E-state index in [-0.39, 0.29) is 5.75 Å². The first-order chi connectivity index (χ1) is 9.35. The van der Waals surface area contributed by atoms with Crippen molar-refractivity contribution >= 4 is 48.9 Å². The third kappa shape index (κ3) is 4.13. The number of hydrogen-bond acceptors (Lipinski definition) is 3. The molecule has 0 heterocycles. The number of nitrogens with two attached hydrogens (primary N) is 1. The molecule has 2 aromatic carbocycles. The van der Waals surface area contributed by atoms with Crippen molar-refractivity contribution in [2.24, 2.45) is 0 Å². The topological polar surface area (TPSA) is 72.2 Å². The zero-order valence-electron chi connectivity index (χ0n) is 10.3. The van der Waals surface area contributed by atoms with Crippen molar-refractivity contribution in [2.75, 3.05) is 10.5 Å². The number of rotatable bonds is 4. The third-order valence-electron chi connectivity index (χ3n) is 2.50. The molecule has 2 aromatic rings. The van der Waals surface area contributed by atoms with Crippen LogP contribution in [0.4, 0.5) is 11.4 Å². The van der Waals surface area contributed by atoms with Gasteiger partial charge in [0.15, 0.2) is 0 Å². The molecule has 0 saturated heterocycles. The van der Waals surface area contributed by atoms with Gasteiger partial charge in [-0.15, -0.1) is 0 Å². The van der Waals surface area contributed by atoms with Crippen molar-refractivity contribution in [3.05, 3.63) is 57.5 Å². The average molecular weight is 376 g/mol. The number of hydrogen-bond donors (Lipinski definition) is 2. The Morgan fingerprint density at radius 1 is 1.20 bits per heavy atom. The zero-order chi connectivity index (χ0) is 14.8. The van der Waals surface area contributed by atoms with Crippen LogP contribution in [0.2, 0.25) is 5.02 Å². The van der Waals surface area contributed by atoms with Crippen LogP contribution in [0.1, 0.15) is 5.56 Å². The molecule has 0 spiro atoms. The zero-order valence-corrected chi connectivity index (χ0v) is 13.5. The molecule has 4 nitrogen and oxygen atoms in total. The molecule has 0 aliphatic rings. The van der Waals surface area contributed by atoms with Gasteiger partial charge in [-0.25, -0.2) is 8.42 Å². The molecule has 0 aromatic heterocycles. The minimum Gasteiger partial charge on any atom is -0.399 e. The monoisotopic (exact) mass is 374 g/mol. The van der Waals surface area contributed by atoms with Crippen LogP contribution in [0.25, 0.3) is 0 Å². The lowest BCUT2D eigenvalue weighted by Crippen LogP contribution is -2.15. The lowest BCUT2D eigenvalue weighted by Gasteiger charge is -2.10. The fraction of sp³-hybridized carbons (Fsp3) is 0.0769. The van der Waals surface area contributed by atoms with Gasteiger partial charge in [0, 0.05) is 15.2 Å². The molecule has 0 saturated carbocycles. The minimum atomic E-state index is -3.52. The average Bonchev–Trinajstić information content (AvgIpc) is 2.32. The summed E-state index contributed by atoms with van der Waals surface area (Å²) in [6, 6.07) is 11.6. The van der Waals surface area contributed by atoms with E-state index in [2.05, 4.69) is 20.7 Å². The number of nitrogen functional groups attached to an aromatic ring is 1. The van der Waals surface area contributed by atoms with Crippen LogP contribution >= 0.6 is 27.5 Å². The van der Waals surface area contributed by atoms with E-state index in [1.807, 2.05) is 0 Å². The van der Waals surface area contributed by atoms with E-state index < -0.39 is 10.0 Å². The van der Waals surface area contributed by atoms with Gasteiger partial charge in [0.1, 0.15) is 0 Å². The number of benzene rings is 2. The van der Waals surface area contributed by atoms with Crippen LogP contribution in [0.3, 0.4) is 0 Å². The molecule has 20 heavy (non-hydrogen) atoms. The van der Waals surface area contributed by atoms with Crippen LogP contribution in [-0.4, -0.2) is 8.42 Å².